The van der Waals surface area contributed by atoms with Crippen LogP contribution in [0, 0.1) is 5.92 Å². The molecule has 1 heterocycles. The van der Waals surface area contributed by atoms with Crippen molar-refractivity contribution in [3.63, 3.8) is 0 Å². The maximum absolute atomic E-state index is 13.3. The van der Waals surface area contributed by atoms with Crippen LogP contribution in [0.4, 0.5) is 18.9 Å². The zero-order valence-electron chi connectivity index (χ0n) is 12.7. The van der Waals surface area contributed by atoms with E-state index in [-0.39, 0.29) is 16.3 Å². The monoisotopic (exact) mass is 356 g/mol. The number of halogens is 4. The molecule has 1 saturated heterocycles. The predicted octanol–water partition coefficient (Wildman–Crippen LogP) is 4.21. The third-order valence-electron chi connectivity index (χ3n) is 3.91. The number of hydrogen-bond acceptors (Lipinski definition) is 3. The average Bonchev–Trinajstić information content (AvgIpc) is 2.45. The topological polar surface area (TPSA) is 47.3 Å². The van der Waals surface area contributed by atoms with Gasteiger partial charge in [0, 0.05) is 30.3 Å². The second kappa shape index (κ2) is 6.53. The number of anilines is 1. The van der Waals surface area contributed by atoms with Gasteiger partial charge in [0.25, 0.3) is 0 Å². The highest BCUT2D eigenvalue weighted by atomic mass is 35.5. The summed E-state index contributed by atoms with van der Waals surface area (Å²) in [7, 11) is 0. The van der Waals surface area contributed by atoms with Crippen LogP contribution in [0.25, 0.3) is 11.1 Å². The molecule has 3 nitrogen and oxygen atoms in total. The van der Waals surface area contributed by atoms with E-state index < -0.39 is 11.7 Å². The normalized spacial score (nSPS) is 15.2. The maximum Gasteiger partial charge on any atom is 0.417 e. The first-order valence-electron chi connectivity index (χ1n) is 7.45. The largest absolute Gasteiger partial charge is 0.493 e. The van der Waals surface area contributed by atoms with Gasteiger partial charge in [0.05, 0.1) is 17.2 Å². The number of nitrogens with one attached hydrogen (secondary N) is 1. The lowest BCUT2D eigenvalue weighted by Gasteiger charge is -2.26. The average molecular weight is 357 g/mol. The number of hydrogen-bond donors (Lipinski definition) is 2. The van der Waals surface area contributed by atoms with Gasteiger partial charge in [-0.05, 0) is 29.8 Å². The summed E-state index contributed by atoms with van der Waals surface area (Å²) in [5.74, 6) is 1.10. The summed E-state index contributed by atoms with van der Waals surface area (Å²) < 4.78 is 45.5. The molecule has 1 aliphatic rings. The Labute approximate surface area is 142 Å². The first kappa shape index (κ1) is 16.9. The van der Waals surface area contributed by atoms with Gasteiger partial charge in [-0.15, -0.1) is 0 Å². The molecule has 0 atom stereocenters. The zero-order chi connectivity index (χ0) is 17.3. The summed E-state index contributed by atoms with van der Waals surface area (Å²) in [6, 6.07) is 8.65. The molecule has 2 aromatic rings. The van der Waals surface area contributed by atoms with Gasteiger partial charge in [0.1, 0.15) is 5.75 Å². The smallest absolute Gasteiger partial charge is 0.417 e. The molecule has 0 radical (unpaired) electrons. The summed E-state index contributed by atoms with van der Waals surface area (Å²) in [4.78, 5) is 0. The van der Waals surface area contributed by atoms with Crippen molar-refractivity contribution in [2.75, 3.05) is 25.4 Å². The molecule has 128 valence electrons. The van der Waals surface area contributed by atoms with Crippen LogP contribution in [0.3, 0.4) is 0 Å². The van der Waals surface area contributed by atoms with Gasteiger partial charge in [-0.1, -0.05) is 23.7 Å². The predicted molar refractivity (Wildman–Crippen MR) is 88.2 cm³/mol. The van der Waals surface area contributed by atoms with Crippen LogP contribution in [-0.2, 0) is 6.18 Å². The second-order valence-corrected chi connectivity index (χ2v) is 6.19. The molecule has 0 bridgehead atoms. The quantitative estimate of drug-likeness (QED) is 0.807. The number of alkyl halides is 3. The number of ether oxygens (including phenoxy) is 1. The molecule has 0 amide bonds. The van der Waals surface area contributed by atoms with Gasteiger partial charge >= 0.3 is 6.18 Å². The standard InChI is InChI=1S/C17H16ClF3N2O/c18-15-6-12(22)5-14(17(19,20)21)16(15)11-1-3-13(4-2-11)24-9-10-7-23-8-10/h1-6,10,23H,7-9,22H2. The minimum atomic E-state index is -4.54. The molecule has 1 aliphatic heterocycles. The molecule has 1 fully saturated rings. The number of benzene rings is 2. The van der Waals surface area contributed by atoms with E-state index >= 15 is 0 Å². The molecule has 7 heteroatoms. The molecular weight excluding hydrogens is 341 g/mol. The van der Waals surface area contributed by atoms with Crippen molar-refractivity contribution in [1.82, 2.24) is 5.32 Å². The Bertz CT molecular complexity index is 728. The molecule has 3 rings (SSSR count). The molecular formula is C17H16ClF3N2O. The van der Waals surface area contributed by atoms with Crippen LogP contribution in [0.2, 0.25) is 5.02 Å². The van der Waals surface area contributed by atoms with Gasteiger partial charge in [-0.25, -0.2) is 0 Å². The van der Waals surface area contributed by atoms with Crippen molar-refractivity contribution < 1.29 is 17.9 Å². The lowest BCUT2D eigenvalue weighted by molar-refractivity contribution is -0.137. The van der Waals surface area contributed by atoms with Crippen molar-refractivity contribution in [2.24, 2.45) is 5.92 Å². The number of nitrogens with two attached hydrogens (primary N) is 1. The molecule has 0 aliphatic carbocycles. The highest BCUT2D eigenvalue weighted by molar-refractivity contribution is 6.33. The van der Waals surface area contributed by atoms with Crippen molar-refractivity contribution in [3.8, 4) is 16.9 Å². The Balaban J connectivity index is 1.88. The number of nitrogen functional groups attached to an aromatic ring is 1. The van der Waals surface area contributed by atoms with E-state index in [0.29, 0.717) is 23.8 Å². The summed E-state index contributed by atoms with van der Waals surface area (Å²) in [6.45, 7) is 2.44. The molecule has 0 aromatic heterocycles. The zero-order valence-corrected chi connectivity index (χ0v) is 13.4. The molecule has 24 heavy (non-hydrogen) atoms. The Hall–Kier alpha value is -1.92. The Morgan fingerprint density at radius 2 is 1.83 bits per heavy atom. The fraction of sp³-hybridized carbons (Fsp3) is 0.294. The van der Waals surface area contributed by atoms with E-state index in [9.17, 15) is 13.2 Å². The van der Waals surface area contributed by atoms with Crippen molar-refractivity contribution in [1.29, 1.82) is 0 Å². The SMILES string of the molecule is Nc1cc(Cl)c(-c2ccc(OCC3CNC3)cc2)c(C(F)(F)F)c1. The Morgan fingerprint density at radius 3 is 2.38 bits per heavy atom. The number of rotatable bonds is 4. The van der Waals surface area contributed by atoms with E-state index in [1.807, 2.05) is 0 Å². The van der Waals surface area contributed by atoms with Crippen LogP contribution in [0.1, 0.15) is 5.56 Å². The summed E-state index contributed by atoms with van der Waals surface area (Å²) in [6.07, 6.45) is -4.54. The maximum atomic E-state index is 13.3. The molecule has 0 spiro atoms. The van der Waals surface area contributed by atoms with E-state index in [4.69, 9.17) is 22.1 Å². The second-order valence-electron chi connectivity index (χ2n) is 5.78. The highest BCUT2D eigenvalue weighted by Gasteiger charge is 2.35. The molecule has 0 unspecified atom stereocenters. The van der Waals surface area contributed by atoms with Crippen LogP contribution in [0.15, 0.2) is 36.4 Å². The summed E-state index contributed by atoms with van der Waals surface area (Å²) in [5.41, 5.74) is 4.93. The van der Waals surface area contributed by atoms with Gasteiger partial charge in [0.2, 0.25) is 0 Å². The first-order valence-corrected chi connectivity index (χ1v) is 7.82. The molecule has 3 N–H and O–H groups in total. The Morgan fingerprint density at radius 1 is 1.17 bits per heavy atom. The van der Waals surface area contributed by atoms with Gasteiger partial charge in [-0.2, -0.15) is 13.2 Å². The lowest BCUT2D eigenvalue weighted by atomic mass is 9.98. The lowest BCUT2D eigenvalue weighted by Crippen LogP contribution is -2.45. The summed E-state index contributed by atoms with van der Waals surface area (Å²) in [5, 5.41) is 3.12. The minimum absolute atomic E-state index is 0.0230. The van der Waals surface area contributed by atoms with E-state index in [1.165, 1.54) is 6.07 Å². The van der Waals surface area contributed by atoms with Crippen LogP contribution in [0.5, 0.6) is 5.75 Å². The first-order chi connectivity index (χ1) is 11.3. The fourth-order valence-corrected chi connectivity index (χ4v) is 2.88. The Kier molecular flexibility index (Phi) is 4.60. The van der Waals surface area contributed by atoms with E-state index in [1.54, 1.807) is 24.3 Å². The molecule has 2 aromatic carbocycles. The van der Waals surface area contributed by atoms with Gasteiger partial charge in [-0.3, -0.25) is 0 Å². The molecule has 0 saturated carbocycles. The van der Waals surface area contributed by atoms with Crippen LogP contribution < -0.4 is 15.8 Å². The summed E-state index contributed by atoms with van der Waals surface area (Å²) >= 11 is 6.03. The fourth-order valence-electron chi connectivity index (χ4n) is 2.54. The van der Waals surface area contributed by atoms with Crippen molar-refractivity contribution in [2.45, 2.75) is 6.18 Å². The van der Waals surface area contributed by atoms with E-state index in [2.05, 4.69) is 5.32 Å². The van der Waals surface area contributed by atoms with Crippen molar-refractivity contribution in [3.05, 3.63) is 47.0 Å². The van der Waals surface area contributed by atoms with E-state index in [0.717, 1.165) is 19.2 Å². The van der Waals surface area contributed by atoms with Crippen molar-refractivity contribution >= 4 is 17.3 Å². The highest BCUT2D eigenvalue weighted by Crippen LogP contribution is 2.42. The van der Waals surface area contributed by atoms with Gasteiger partial charge < -0.3 is 15.8 Å². The third-order valence-corrected chi connectivity index (χ3v) is 4.21. The van der Waals surface area contributed by atoms with Crippen LogP contribution in [-0.4, -0.2) is 19.7 Å². The third kappa shape index (κ3) is 3.60. The minimum Gasteiger partial charge on any atom is -0.493 e. The van der Waals surface area contributed by atoms with Crippen LogP contribution >= 0.6 is 11.6 Å². The van der Waals surface area contributed by atoms with Gasteiger partial charge in [0.15, 0.2) is 0 Å².